The number of para-hydroxylation sites is 1. The predicted molar refractivity (Wildman–Crippen MR) is 233 cm³/mol. The first kappa shape index (κ1) is 31.6. The van der Waals surface area contributed by atoms with Crippen LogP contribution in [0, 0.1) is 0 Å². The summed E-state index contributed by atoms with van der Waals surface area (Å²) in [5, 5.41) is 10.8. The van der Waals surface area contributed by atoms with Crippen LogP contribution < -0.4 is 15.0 Å². The number of nitrogens with one attached hydrogen (secondary N) is 1. The summed E-state index contributed by atoms with van der Waals surface area (Å²) in [6.07, 6.45) is -0.248. The quantitative estimate of drug-likeness (QED) is 0.173. The van der Waals surface area contributed by atoms with E-state index in [0.717, 1.165) is 61.2 Å². The van der Waals surface area contributed by atoms with Crippen LogP contribution in [-0.2, 0) is 0 Å². The van der Waals surface area contributed by atoms with Crippen molar-refractivity contribution in [1.29, 1.82) is 0 Å². The fourth-order valence-electron chi connectivity index (χ4n) is 8.36. The van der Waals surface area contributed by atoms with E-state index in [9.17, 15) is 0 Å². The Hall–Kier alpha value is -6.88. The Morgan fingerprint density at radius 3 is 2.07 bits per heavy atom. The monoisotopic (exact) mass is 722 g/mol. The number of fused-ring (bicyclic) bond motifs is 8. The highest BCUT2D eigenvalue weighted by Crippen LogP contribution is 2.50. The second-order valence-corrected chi connectivity index (χ2v) is 15.1. The van der Waals surface area contributed by atoms with E-state index < -0.39 is 0 Å². The molecule has 0 radical (unpaired) electrons. The van der Waals surface area contributed by atoms with Crippen molar-refractivity contribution in [3.05, 3.63) is 200 Å². The molecule has 2 heterocycles. The third-order valence-corrected chi connectivity index (χ3v) is 12.1. The van der Waals surface area contributed by atoms with Gasteiger partial charge < -0.3 is 15.0 Å². The van der Waals surface area contributed by atoms with Crippen LogP contribution in [0.3, 0.4) is 0 Å². The lowest BCUT2D eigenvalue weighted by molar-refractivity contribution is 0.263. The first-order chi connectivity index (χ1) is 27.3. The number of hydrogen-bond acceptors (Lipinski definition) is 4. The standard InChI is InChI=1S/C51H34N2OS/c1-3-14-33(15-4-1)38-20-7-9-25-45(38)53(37-19-11-18-36(32-37)39-22-12-24-43-41-21-8-10-27-47(41)55-50(39)43)46-26-13-23-42-40(46)30-28-34-29-31-44-49(48(34)42)54-51(52-44)35-16-5-2-6-17-35/h1-32,51-52H. The molecule has 10 aromatic rings. The fraction of sp³-hybridized carbons (Fsp3) is 0.0196. The molecule has 260 valence electrons. The van der Waals surface area contributed by atoms with E-state index in [1.807, 2.05) is 17.4 Å². The summed E-state index contributed by atoms with van der Waals surface area (Å²) >= 11 is 1.87. The molecule has 11 rings (SSSR count). The van der Waals surface area contributed by atoms with Gasteiger partial charge in [0.05, 0.1) is 17.1 Å². The zero-order valence-corrected chi connectivity index (χ0v) is 30.6. The minimum Gasteiger partial charge on any atom is -0.464 e. The van der Waals surface area contributed by atoms with Crippen molar-refractivity contribution in [1.82, 2.24) is 0 Å². The number of anilines is 4. The van der Waals surface area contributed by atoms with Gasteiger partial charge in [-0.1, -0.05) is 158 Å². The van der Waals surface area contributed by atoms with Crippen molar-refractivity contribution in [3.63, 3.8) is 0 Å². The summed E-state index contributed by atoms with van der Waals surface area (Å²) in [5.41, 5.74) is 10.2. The van der Waals surface area contributed by atoms with Gasteiger partial charge in [-0.25, -0.2) is 0 Å². The van der Waals surface area contributed by atoms with Crippen LogP contribution in [0.25, 0.3) is 64.0 Å². The number of hydrogen-bond donors (Lipinski definition) is 1. The molecule has 1 N–H and O–H groups in total. The Morgan fingerprint density at radius 2 is 1.16 bits per heavy atom. The average molecular weight is 723 g/mol. The topological polar surface area (TPSA) is 24.5 Å². The van der Waals surface area contributed by atoms with Crippen LogP contribution in [0.1, 0.15) is 11.8 Å². The van der Waals surface area contributed by atoms with Crippen LogP contribution in [0.4, 0.5) is 22.7 Å². The van der Waals surface area contributed by atoms with Crippen LogP contribution in [0.2, 0.25) is 0 Å². The maximum absolute atomic E-state index is 6.76. The maximum Gasteiger partial charge on any atom is 0.196 e. The molecular weight excluding hydrogens is 689 g/mol. The van der Waals surface area contributed by atoms with Gasteiger partial charge in [-0.15, -0.1) is 11.3 Å². The van der Waals surface area contributed by atoms with E-state index in [1.165, 1.54) is 36.9 Å². The summed E-state index contributed by atoms with van der Waals surface area (Å²) in [6, 6.07) is 69.9. The van der Waals surface area contributed by atoms with Gasteiger partial charge in [0, 0.05) is 47.8 Å². The third-order valence-electron chi connectivity index (χ3n) is 10.9. The second kappa shape index (κ2) is 12.9. The number of nitrogens with zero attached hydrogens (tertiary/aromatic N) is 1. The highest BCUT2D eigenvalue weighted by Gasteiger charge is 2.27. The molecule has 0 fully saturated rings. The molecule has 0 aliphatic carbocycles. The van der Waals surface area contributed by atoms with Gasteiger partial charge in [-0.3, -0.25) is 0 Å². The molecule has 0 saturated heterocycles. The lowest BCUT2D eigenvalue weighted by Crippen LogP contribution is -2.12. The SMILES string of the molecule is c1ccc(-c2ccccc2N(c2cccc(-c3cccc4c3sc3ccccc34)c2)c2cccc3c2ccc2ccc4c(c23)OC(c2ccccc2)N4)cc1. The molecule has 1 aliphatic rings. The lowest BCUT2D eigenvalue weighted by atomic mass is 9.97. The molecule has 9 aromatic carbocycles. The second-order valence-electron chi connectivity index (χ2n) is 14.1. The average Bonchev–Trinajstić information content (AvgIpc) is 3.87. The van der Waals surface area contributed by atoms with Crippen molar-refractivity contribution in [2.24, 2.45) is 0 Å². The van der Waals surface area contributed by atoms with Gasteiger partial charge in [0.2, 0.25) is 0 Å². The fourth-order valence-corrected chi connectivity index (χ4v) is 9.60. The van der Waals surface area contributed by atoms with E-state index in [1.54, 1.807) is 0 Å². The summed E-state index contributed by atoms with van der Waals surface area (Å²) in [4.78, 5) is 2.44. The maximum atomic E-state index is 6.76. The number of ether oxygens (including phenoxy) is 1. The molecule has 0 amide bonds. The molecule has 0 saturated carbocycles. The first-order valence-corrected chi connectivity index (χ1v) is 19.5. The predicted octanol–water partition coefficient (Wildman–Crippen LogP) is 14.7. The highest BCUT2D eigenvalue weighted by atomic mass is 32.1. The Labute approximate surface area is 323 Å². The molecule has 55 heavy (non-hydrogen) atoms. The Bertz CT molecular complexity index is 3060. The third kappa shape index (κ3) is 5.25. The van der Waals surface area contributed by atoms with Gasteiger partial charge >= 0.3 is 0 Å². The first-order valence-electron chi connectivity index (χ1n) is 18.7. The smallest absolute Gasteiger partial charge is 0.196 e. The number of rotatable bonds is 6. The van der Waals surface area contributed by atoms with Crippen molar-refractivity contribution < 1.29 is 4.74 Å². The molecule has 4 heteroatoms. The molecular formula is C51H34N2OS. The van der Waals surface area contributed by atoms with E-state index in [0.29, 0.717) is 0 Å². The van der Waals surface area contributed by atoms with Crippen LogP contribution in [0.5, 0.6) is 5.75 Å². The van der Waals surface area contributed by atoms with Gasteiger partial charge in [0.15, 0.2) is 12.0 Å². The van der Waals surface area contributed by atoms with Crippen LogP contribution >= 0.6 is 11.3 Å². The van der Waals surface area contributed by atoms with Crippen LogP contribution in [-0.4, -0.2) is 0 Å². The summed E-state index contributed by atoms with van der Waals surface area (Å²) in [6.45, 7) is 0. The van der Waals surface area contributed by atoms with Crippen molar-refractivity contribution in [2.45, 2.75) is 6.23 Å². The van der Waals surface area contributed by atoms with E-state index in [4.69, 9.17) is 4.74 Å². The summed E-state index contributed by atoms with van der Waals surface area (Å²) < 4.78 is 9.38. The van der Waals surface area contributed by atoms with Crippen molar-refractivity contribution >= 4 is 75.8 Å². The number of thiophene rings is 1. The van der Waals surface area contributed by atoms with Gasteiger partial charge in [-0.2, -0.15) is 0 Å². The summed E-state index contributed by atoms with van der Waals surface area (Å²) in [7, 11) is 0. The molecule has 3 nitrogen and oxygen atoms in total. The van der Waals surface area contributed by atoms with Gasteiger partial charge in [-0.05, 0) is 63.9 Å². The van der Waals surface area contributed by atoms with Gasteiger partial charge in [0.1, 0.15) is 0 Å². The zero-order valence-electron chi connectivity index (χ0n) is 29.8. The molecule has 0 spiro atoms. The molecule has 0 bridgehead atoms. The zero-order chi connectivity index (χ0) is 36.3. The molecule has 1 atom stereocenters. The van der Waals surface area contributed by atoms with E-state index in [2.05, 4.69) is 198 Å². The summed E-state index contributed by atoms with van der Waals surface area (Å²) in [5.74, 6) is 0.892. The lowest BCUT2D eigenvalue weighted by Gasteiger charge is -2.29. The minimum absolute atomic E-state index is 0.248. The Morgan fingerprint density at radius 1 is 0.491 bits per heavy atom. The van der Waals surface area contributed by atoms with E-state index in [-0.39, 0.29) is 6.23 Å². The Kier molecular flexibility index (Phi) is 7.42. The molecule has 1 aliphatic heterocycles. The number of benzene rings is 9. The molecule has 1 unspecified atom stereocenters. The van der Waals surface area contributed by atoms with Crippen molar-refractivity contribution in [3.8, 4) is 28.0 Å². The molecule has 1 aromatic heterocycles. The van der Waals surface area contributed by atoms with E-state index >= 15 is 0 Å². The highest BCUT2D eigenvalue weighted by molar-refractivity contribution is 7.26. The van der Waals surface area contributed by atoms with Crippen LogP contribution in [0.15, 0.2) is 194 Å². The largest absolute Gasteiger partial charge is 0.464 e. The van der Waals surface area contributed by atoms with Crippen molar-refractivity contribution in [2.75, 3.05) is 10.2 Å². The normalized spacial score (nSPS) is 13.6. The minimum atomic E-state index is -0.248. The van der Waals surface area contributed by atoms with Gasteiger partial charge in [0.25, 0.3) is 0 Å². The Balaban J connectivity index is 1.13.